The highest BCUT2D eigenvalue weighted by atomic mass is 19.3. The largest absolute Gasteiger partial charge is 0.435 e. The molecule has 0 fully saturated rings. The number of rotatable bonds is 5. The Bertz CT molecular complexity index is 503. The van der Waals surface area contributed by atoms with Crippen LogP contribution in [0.25, 0.3) is 0 Å². The molecule has 1 aromatic carbocycles. The maximum atomic E-state index is 12.3. The van der Waals surface area contributed by atoms with Gasteiger partial charge in [-0.15, -0.1) is 0 Å². The van der Waals surface area contributed by atoms with Gasteiger partial charge >= 0.3 is 6.61 Å². The van der Waals surface area contributed by atoms with E-state index in [2.05, 4.69) is 23.9 Å². The van der Waals surface area contributed by atoms with E-state index in [-0.39, 0.29) is 23.5 Å². The van der Waals surface area contributed by atoms with Gasteiger partial charge in [-0.1, -0.05) is 20.8 Å². The first-order chi connectivity index (χ1) is 9.38. The minimum atomic E-state index is -2.86. The van der Waals surface area contributed by atoms with E-state index in [9.17, 15) is 13.6 Å². The van der Waals surface area contributed by atoms with Crippen LogP contribution in [0.3, 0.4) is 0 Å². The number of carbonyl (C=O) groups excluding carboxylic acids is 1. The van der Waals surface area contributed by atoms with Crippen LogP contribution in [0.4, 0.5) is 14.5 Å². The summed E-state index contributed by atoms with van der Waals surface area (Å²) >= 11 is 0. The van der Waals surface area contributed by atoms with Gasteiger partial charge < -0.3 is 10.1 Å². The van der Waals surface area contributed by atoms with Crippen molar-refractivity contribution in [2.75, 3.05) is 5.32 Å². The summed E-state index contributed by atoms with van der Waals surface area (Å²) in [5.41, 5.74) is 1.44. The zero-order valence-corrected chi connectivity index (χ0v) is 11.8. The van der Waals surface area contributed by atoms with Crippen LogP contribution in [0.2, 0.25) is 0 Å². The summed E-state index contributed by atoms with van der Waals surface area (Å²) in [6, 6.07) is 4.61. The van der Waals surface area contributed by atoms with Crippen LogP contribution in [0.5, 0.6) is 5.75 Å². The molecule has 0 bridgehead atoms. The molecule has 0 saturated carbocycles. The van der Waals surface area contributed by atoms with Crippen LogP contribution < -0.4 is 10.1 Å². The van der Waals surface area contributed by atoms with Crippen LogP contribution in [0.1, 0.15) is 38.7 Å². The summed E-state index contributed by atoms with van der Waals surface area (Å²) < 4.78 is 29.0. The third-order valence-electron chi connectivity index (χ3n) is 3.54. The summed E-state index contributed by atoms with van der Waals surface area (Å²) in [6.07, 6.45) is 0.900. The van der Waals surface area contributed by atoms with E-state index in [4.69, 9.17) is 0 Å². The standard InChI is InChI=1S/C15H19F2NO2/c1-8(2)6-9(3)13-11-7-10(20-15(16)17)4-5-12(11)18-14(13)19/h4-5,7-9,13,15H,6H2,1-3H3,(H,18,19). The second-order valence-corrected chi connectivity index (χ2v) is 5.70. The SMILES string of the molecule is CC(C)CC(C)C1C(=O)Nc2ccc(OC(F)F)cc21. The van der Waals surface area contributed by atoms with Crippen molar-refractivity contribution >= 4 is 11.6 Å². The van der Waals surface area contributed by atoms with Crippen molar-refractivity contribution in [1.29, 1.82) is 0 Å². The Morgan fingerprint density at radius 2 is 2.00 bits per heavy atom. The lowest BCUT2D eigenvalue weighted by Crippen LogP contribution is -2.20. The molecule has 2 unspecified atom stereocenters. The van der Waals surface area contributed by atoms with Crippen molar-refractivity contribution in [3.05, 3.63) is 23.8 Å². The van der Waals surface area contributed by atoms with Gasteiger partial charge in [0.2, 0.25) is 5.91 Å². The van der Waals surface area contributed by atoms with E-state index in [1.54, 1.807) is 12.1 Å². The summed E-state index contributed by atoms with van der Waals surface area (Å²) in [5, 5.41) is 2.80. The van der Waals surface area contributed by atoms with Gasteiger partial charge in [0.15, 0.2) is 0 Å². The number of fused-ring (bicyclic) bond motifs is 1. The first-order valence-electron chi connectivity index (χ1n) is 6.78. The van der Waals surface area contributed by atoms with Gasteiger partial charge in [-0.3, -0.25) is 4.79 Å². The van der Waals surface area contributed by atoms with E-state index >= 15 is 0 Å². The number of nitrogens with one attached hydrogen (secondary N) is 1. The van der Waals surface area contributed by atoms with Crippen LogP contribution in [-0.4, -0.2) is 12.5 Å². The number of carbonyl (C=O) groups is 1. The number of halogens is 2. The highest BCUT2D eigenvalue weighted by Gasteiger charge is 2.35. The van der Waals surface area contributed by atoms with Gasteiger partial charge in [0.05, 0.1) is 5.92 Å². The molecule has 2 atom stereocenters. The highest BCUT2D eigenvalue weighted by molar-refractivity contribution is 6.03. The molecule has 2 rings (SSSR count). The molecule has 0 aromatic heterocycles. The lowest BCUT2D eigenvalue weighted by molar-refractivity contribution is -0.118. The molecule has 110 valence electrons. The quantitative estimate of drug-likeness (QED) is 0.886. The van der Waals surface area contributed by atoms with Gasteiger partial charge in [-0.2, -0.15) is 8.78 Å². The number of hydrogen-bond acceptors (Lipinski definition) is 2. The Morgan fingerprint density at radius 1 is 1.30 bits per heavy atom. The van der Waals surface area contributed by atoms with Gasteiger partial charge in [0.25, 0.3) is 0 Å². The minimum absolute atomic E-state index is 0.0673. The third-order valence-corrected chi connectivity index (χ3v) is 3.54. The molecule has 1 aromatic rings. The number of alkyl halides is 2. The van der Waals surface area contributed by atoms with E-state index in [1.165, 1.54) is 6.07 Å². The van der Waals surface area contributed by atoms with Crippen LogP contribution in [0, 0.1) is 11.8 Å². The second kappa shape index (κ2) is 5.77. The van der Waals surface area contributed by atoms with Crippen molar-refractivity contribution in [3.63, 3.8) is 0 Å². The highest BCUT2D eigenvalue weighted by Crippen LogP contribution is 2.41. The van der Waals surface area contributed by atoms with Crippen molar-refractivity contribution in [2.24, 2.45) is 11.8 Å². The fraction of sp³-hybridized carbons (Fsp3) is 0.533. The molecule has 1 N–H and O–H groups in total. The molecule has 1 heterocycles. The molecule has 0 radical (unpaired) electrons. The maximum absolute atomic E-state index is 12.3. The van der Waals surface area contributed by atoms with Crippen LogP contribution in [0.15, 0.2) is 18.2 Å². The van der Waals surface area contributed by atoms with Crippen LogP contribution in [-0.2, 0) is 4.79 Å². The molecule has 0 aliphatic carbocycles. The van der Waals surface area contributed by atoms with Crippen molar-refractivity contribution in [1.82, 2.24) is 0 Å². The minimum Gasteiger partial charge on any atom is -0.435 e. The van der Waals surface area contributed by atoms with Gasteiger partial charge in [0, 0.05) is 5.69 Å². The molecule has 20 heavy (non-hydrogen) atoms. The van der Waals surface area contributed by atoms with Crippen molar-refractivity contribution in [3.8, 4) is 5.75 Å². The van der Waals surface area contributed by atoms with Gasteiger partial charge in [-0.05, 0) is 42.0 Å². The molecule has 1 aliphatic heterocycles. The normalized spacial score (nSPS) is 19.1. The maximum Gasteiger partial charge on any atom is 0.387 e. The molecule has 0 saturated heterocycles. The Labute approximate surface area is 117 Å². The Balaban J connectivity index is 2.27. The number of hydrogen-bond donors (Lipinski definition) is 1. The lowest BCUT2D eigenvalue weighted by atomic mass is 9.83. The predicted molar refractivity (Wildman–Crippen MR) is 73.1 cm³/mol. The average Bonchev–Trinajstić information content (AvgIpc) is 2.62. The fourth-order valence-electron chi connectivity index (χ4n) is 2.88. The summed E-state index contributed by atoms with van der Waals surface area (Å²) in [7, 11) is 0. The number of anilines is 1. The summed E-state index contributed by atoms with van der Waals surface area (Å²) in [4.78, 5) is 12.1. The van der Waals surface area contributed by atoms with E-state index in [1.807, 2.05) is 6.92 Å². The summed E-state index contributed by atoms with van der Waals surface area (Å²) in [5.74, 6) is 0.355. The van der Waals surface area contributed by atoms with E-state index in [0.29, 0.717) is 11.6 Å². The van der Waals surface area contributed by atoms with E-state index in [0.717, 1.165) is 12.0 Å². The fourth-order valence-corrected chi connectivity index (χ4v) is 2.88. The van der Waals surface area contributed by atoms with Crippen LogP contribution >= 0.6 is 0 Å². The third kappa shape index (κ3) is 3.08. The van der Waals surface area contributed by atoms with Crippen molar-refractivity contribution in [2.45, 2.75) is 39.7 Å². The topological polar surface area (TPSA) is 38.3 Å². The Morgan fingerprint density at radius 3 is 2.60 bits per heavy atom. The number of ether oxygens (including phenoxy) is 1. The summed E-state index contributed by atoms with van der Waals surface area (Å²) in [6.45, 7) is 3.35. The predicted octanol–water partition coefficient (Wildman–Crippen LogP) is 4.01. The van der Waals surface area contributed by atoms with Gasteiger partial charge in [-0.25, -0.2) is 0 Å². The lowest BCUT2D eigenvalue weighted by Gasteiger charge is -2.20. The van der Waals surface area contributed by atoms with Gasteiger partial charge in [0.1, 0.15) is 5.75 Å². The number of amides is 1. The number of benzene rings is 1. The molecule has 1 amide bonds. The van der Waals surface area contributed by atoms with E-state index < -0.39 is 6.61 Å². The second-order valence-electron chi connectivity index (χ2n) is 5.70. The zero-order chi connectivity index (χ0) is 14.9. The monoisotopic (exact) mass is 283 g/mol. The molecule has 1 aliphatic rings. The molecule has 3 nitrogen and oxygen atoms in total. The molecular weight excluding hydrogens is 264 g/mol. The first-order valence-corrected chi connectivity index (χ1v) is 6.78. The zero-order valence-electron chi connectivity index (χ0n) is 11.8. The Kier molecular flexibility index (Phi) is 4.26. The average molecular weight is 283 g/mol. The molecule has 5 heteroatoms. The van der Waals surface area contributed by atoms with Crippen molar-refractivity contribution < 1.29 is 18.3 Å². The molecular formula is C15H19F2NO2. The smallest absolute Gasteiger partial charge is 0.387 e. The first kappa shape index (κ1) is 14.8. The molecule has 0 spiro atoms. The Hall–Kier alpha value is -1.65.